The Kier molecular flexibility index (Phi) is 9.64. The van der Waals surface area contributed by atoms with E-state index in [9.17, 15) is 9.90 Å². The number of nitrogens with one attached hydrogen (secondary N) is 3. The molecule has 2 amide bonds. The van der Waals surface area contributed by atoms with E-state index in [4.69, 9.17) is 0 Å². The second-order valence-electron chi connectivity index (χ2n) is 7.33. The first-order valence-corrected chi connectivity index (χ1v) is 12.3. The van der Waals surface area contributed by atoms with Gasteiger partial charge >= 0.3 is 6.03 Å². The molecule has 0 aliphatic rings. The Labute approximate surface area is 201 Å². The van der Waals surface area contributed by atoms with E-state index in [1.807, 2.05) is 24.3 Å². The number of carbonyl (C=O) groups excluding carboxylic acids is 1. The second kappa shape index (κ2) is 12.7. The van der Waals surface area contributed by atoms with Gasteiger partial charge < -0.3 is 21.1 Å². The quantitative estimate of drug-likeness (QED) is 0.208. The highest BCUT2D eigenvalue weighted by molar-refractivity contribution is 14.1. The number of urea groups is 1. The van der Waals surface area contributed by atoms with Crippen LogP contribution in [0.3, 0.4) is 0 Å². The molecule has 164 valence electrons. The fourth-order valence-electron chi connectivity index (χ4n) is 3.07. The van der Waals surface area contributed by atoms with Crippen molar-refractivity contribution in [1.29, 1.82) is 0 Å². The zero-order valence-electron chi connectivity index (χ0n) is 17.3. The highest BCUT2D eigenvalue weighted by Gasteiger charge is 2.08. The van der Waals surface area contributed by atoms with Gasteiger partial charge in [-0.25, -0.2) is 4.79 Å². The first-order chi connectivity index (χ1) is 15.1. The number of rotatable bonds is 11. The molecule has 3 aromatic rings. The van der Waals surface area contributed by atoms with Crippen LogP contribution in [0.1, 0.15) is 22.4 Å². The average Bonchev–Trinajstić information content (AvgIpc) is 3.23. The Morgan fingerprint density at radius 2 is 1.71 bits per heavy atom. The van der Waals surface area contributed by atoms with Gasteiger partial charge in [0.25, 0.3) is 0 Å². The molecule has 1 heterocycles. The number of aryl methyl sites for hydroxylation is 1. The predicted molar refractivity (Wildman–Crippen MR) is 137 cm³/mol. The predicted octanol–water partition coefficient (Wildman–Crippen LogP) is 4.65. The number of anilines is 1. The summed E-state index contributed by atoms with van der Waals surface area (Å²) < 4.78 is 1.22. The van der Waals surface area contributed by atoms with Crippen molar-refractivity contribution in [3.63, 3.8) is 0 Å². The van der Waals surface area contributed by atoms with Crippen LogP contribution in [0, 0.1) is 3.57 Å². The Morgan fingerprint density at radius 1 is 0.935 bits per heavy atom. The summed E-state index contributed by atoms with van der Waals surface area (Å²) in [6.07, 6.45) is 2.05. The molecule has 0 aliphatic heterocycles. The van der Waals surface area contributed by atoms with Crippen LogP contribution in [0.15, 0.2) is 66.7 Å². The van der Waals surface area contributed by atoms with Gasteiger partial charge in [0.2, 0.25) is 0 Å². The first kappa shape index (κ1) is 23.6. The molecule has 0 spiro atoms. The third kappa shape index (κ3) is 8.88. The maximum atomic E-state index is 11.9. The lowest BCUT2D eigenvalue weighted by molar-refractivity contribution is 0.181. The fourth-order valence-corrected chi connectivity index (χ4v) is 4.38. The minimum atomic E-state index is -0.655. The topological polar surface area (TPSA) is 73.4 Å². The maximum absolute atomic E-state index is 11.9. The standard InChI is InChI=1S/C24H28IN3O2S/c25-20-10-8-18(9-11-20)7-4-14-26-24(30)28-17-21(29)16-27-23-13-12-22(31-23)15-19-5-2-1-3-6-19/h1-3,5-6,8-13,21,27,29H,4,7,14-17H2,(H2,26,28,30). The largest absolute Gasteiger partial charge is 0.389 e. The minimum absolute atomic E-state index is 0.207. The minimum Gasteiger partial charge on any atom is -0.389 e. The van der Waals surface area contributed by atoms with Crippen LogP contribution in [0.5, 0.6) is 0 Å². The van der Waals surface area contributed by atoms with Crippen LogP contribution in [0.25, 0.3) is 0 Å². The first-order valence-electron chi connectivity index (χ1n) is 10.4. The summed E-state index contributed by atoms with van der Waals surface area (Å²) in [7, 11) is 0. The van der Waals surface area contributed by atoms with Crippen molar-refractivity contribution in [2.75, 3.05) is 25.0 Å². The Morgan fingerprint density at radius 3 is 2.48 bits per heavy atom. The number of aliphatic hydroxyl groups is 1. The zero-order valence-corrected chi connectivity index (χ0v) is 20.3. The molecule has 1 unspecified atom stereocenters. The summed E-state index contributed by atoms with van der Waals surface area (Å²) in [5, 5.41) is 20.0. The van der Waals surface area contributed by atoms with Crippen LogP contribution in [-0.2, 0) is 12.8 Å². The number of halogens is 1. The molecule has 0 fully saturated rings. The molecule has 0 saturated heterocycles. The van der Waals surface area contributed by atoms with Crippen LogP contribution < -0.4 is 16.0 Å². The molecule has 1 atom stereocenters. The lowest BCUT2D eigenvalue weighted by atomic mass is 10.1. The number of hydrogen-bond acceptors (Lipinski definition) is 4. The molecule has 0 radical (unpaired) electrons. The SMILES string of the molecule is O=C(NCCCc1ccc(I)cc1)NCC(O)CNc1ccc(Cc2ccccc2)s1. The number of aliphatic hydroxyl groups excluding tert-OH is 1. The Balaban J connectivity index is 1.27. The van der Waals surface area contributed by atoms with Crippen molar-refractivity contribution in [3.05, 3.63) is 86.3 Å². The number of carbonyl (C=O) groups is 1. The summed E-state index contributed by atoms with van der Waals surface area (Å²) in [6, 6.07) is 22.7. The maximum Gasteiger partial charge on any atom is 0.314 e. The molecule has 5 nitrogen and oxygen atoms in total. The molecule has 7 heteroatoms. The van der Waals surface area contributed by atoms with E-state index in [0.29, 0.717) is 13.1 Å². The summed E-state index contributed by atoms with van der Waals surface area (Å²) in [5.41, 5.74) is 2.55. The normalized spacial score (nSPS) is 11.7. The van der Waals surface area contributed by atoms with Crippen LogP contribution >= 0.6 is 33.9 Å². The summed E-state index contributed by atoms with van der Waals surface area (Å²) >= 11 is 3.97. The molecule has 4 N–H and O–H groups in total. The van der Waals surface area contributed by atoms with E-state index in [2.05, 4.69) is 81.0 Å². The van der Waals surface area contributed by atoms with E-state index >= 15 is 0 Å². The molecule has 0 aliphatic carbocycles. The van der Waals surface area contributed by atoms with E-state index < -0.39 is 6.10 Å². The summed E-state index contributed by atoms with van der Waals surface area (Å²) in [6.45, 7) is 1.20. The van der Waals surface area contributed by atoms with Gasteiger partial charge in [0, 0.05) is 34.5 Å². The van der Waals surface area contributed by atoms with Gasteiger partial charge in [-0.2, -0.15) is 0 Å². The third-order valence-corrected chi connectivity index (χ3v) is 6.50. The zero-order chi connectivity index (χ0) is 21.9. The molecule has 0 bridgehead atoms. The van der Waals surface area contributed by atoms with Crippen LogP contribution in [-0.4, -0.2) is 36.9 Å². The van der Waals surface area contributed by atoms with Crippen molar-refractivity contribution < 1.29 is 9.90 Å². The summed E-state index contributed by atoms with van der Waals surface area (Å²) in [5.74, 6) is 0. The molecule has 3 rings (SSSR count). The van der Waals surface area contributed by atoms with Gasteiger partial charge in [-0.15, -0.1) is 11.3 Å². The number of thiophene rings is 1. The lowest BCUT2D eigenvalue weighted by Crippen LogP contribution is -2.41. The van der Waals surface area contributed by atoms with E-state index in [-0.39, 0.29) is 12.6 Å². The van der Waals surface area contributed by atoms with Crippen molar-refractivity contribution in [2.24, 2.45) is 0 Å². The van der Waals surface area contributed by atoms with E-state index in [0.717, 1.165) is 24.3 Å². The van der Waals surface area contributed by atoms with Crippen LogP contribution in [0.2, 0.25) is 0 Å². The molecular weight excluding hydrogens is 521 g/mol. The highest BCUT2D eigenvalue weighted by Crippen LogP contribution is 2.24. The number of benzene rings is 2. The van der Waals surface area contributed by atoms with E-state index in [1.54, 1.807) is 11.3 Å². The molecular formula is C24H28IN3O2S. The monoisotopic (exact) mass is 549 g/mol. The smallest absolute Gasteiger partial charge is 0.314 e. The van der Waals surface area contributed by atoms with Gasteiger partial charge in [0.1, 0.15) is 0 Å². The van der Waals surface area contributed by atoms with Gasteiger partial charge in [0.15, 0.2) is 0 Å². The fraction of sp³-hybridized carbons (Fsp3) is 0.292. The molecule has 2 aromatic carbocycles. The Bertz CT molecular complexity index is 932. The van der Waals surface area contributed by atoms with Gasteiger partial charge in [-0.3, -0.25) is 0 Å². The van der Waals surface area contributed by atoms with Crippen molar-refractivity contribution >= 4 is 45.0 Å². The van der Waals surface area contributed by atoms with Gasteiger partial charge in [-0.05, 0) is 70.8 Å². The molecule has 0 saturated carbocycles. The van der Waals surface area contributed by atoms with Crippen molar-refractivity contribution in [2.45, 2.75) is 25.4 Å². The number of amides is 2. The van der Waals surface area contributed by atoms with Gasteiger partial charge in [0.05, 0.1) is 11.1 Å². The average molecular weight is 549 g/mol. The highest BCUT2D eigenvalue weighted by atomic mass is 127. The lowest BCUT2D eigenvalue weighted by Gasteiger charge is -2.13. The van der Waals surface area contributed by atoms with Crippen molar-refractivity contribution in [3.8, 4) is 0 Å². The van der Waals surface area contributed by atoms with E-state index in [1.165, 1.54) is 19.6 Å². The second-order valence-corrected chi connectivity index (χ2v) is 9.74. The molecule has 31 heavy (non-hydrogen) atoms. The number of hydrogen-bond donors (Lipinski definition) is 4. The molecule has 1 aromatic heterocycles. The summed E-state index contributed by atoms with van der Waals surface area (Å²) in [4.78, 5) is 13.2. The van der Waals surface area contributed by atoms with Crippen LogP contribution in [0.4, 0.5) is 9.80 Å². The van der Waals surface area contributed by atoms with Crippen molar-refractivity contribution in [1.82, 2.24) is 10.6 Å². The third-order valence-electron chi connectivity index (χ3n) is 4.73. The Hall–Kier alpha value is -2.10. The van der Waals surface area contributed by atoms with Gasteiger partial charge in [-0.1, -0.05) is 42.5 Å².